The normalized spacial score (nSPS) is 13.5. The van der Waals surface area contributed by atoms with Crippen molar-refractivity contribution in [3.63, 3.8) is 0 Å². The van der Waals surface area contributed by atoms with Gasteiger partial charge in [0.05, 0.1) is 29.0 Å². The summed E-state index contributed by atoms with van der Waals surface area (Å²) >= 11 is 0. The van der Waals surface area contributed by atoms with Gasteiger partial charge in [-0.25, -0.2) is 9.98 Å². The molecule has 0 aliphatic rings. The first-order valence-corrected chi connectivity index (χ1v) is 21.7. The van der Waals surface area contributed by atoms with Crippen molar-refractivity contribution < 1.29 is 0 Å². The van der Waals surface area contributed by atoms with E-state index < -0.39 is 0 Å². The van der Waals surface area contributed by atoms with Gasteiger partial charge in [0, 0.05) is 16.8 Å². The smallest absolute Gasteiger partial charge is 0.161 e. The van der Waals surface area contributed by atoms with E-state index in [0.29, 0.717) is 45.8 Å². The molecule has 0 amide bonds. The average Bonchev–Trinajstić information content (AvgIpc) is 3.21. The van der Waals surface area contributed by atoms with Crippen LogP contribution in [0.1, 0.15) is 183 Å². The van der Waals surface area contributed by atoms with Gasteiger partial charge in [0.1, 0.15) is 0 Å². The molecular weight excluding hydrogens is 669 g/mol. The molecule has 0 aromatic heterocycles. The lowest BCUT2D eigenvalue weighted by molar-refractivity contribution is 0.422. The van der Waals surface area contributed by atoms with E-state index in [4.69, 9.17) is 9.98 Å². The number of nitrogens with zero attached hydrogens (tertiary/aromatic N) is 4. The molecule has 3 unspecified atom stereocenters. The number of aryl methyl sites for hydroxylation is 3. The van der Waals surface area contributed by atoms with Gasteiger partial charge in [0.2, 0.25) is 0 Å². The molecule has 0 fully saturated rings. The third-order valence-electron chi connectivity index (χ3n) is 11.6. The van der Waals surface area contributed by atoms with E-state index in [-0.39, 0.29) is 0 Å². The van der Waals surface area contributed by atoms with Crippen LogP contribution in [-0.4, -0.2) is 11.5 Å². The highest BCUT2D eigenvalue weighted by atomic mass is 14.9. The molecule has 4 nitrogen and oxygen atoms in total. The lowest BCUT2D eigenvalue weighted by Gasteiger charge is -2.15. The van der Waals surface area contributed by atoms with Gasteiger partial charge in [-0.3, -0.25) is 0 Å². The van der Waals surface area contributed by atoms with Crippen LogP contribution in [0.25, 0.3) is 5.70 Å². The van der Waals surface area contributed by atoms with Crippen LogP contribution in [0, 0.1) is 40.4 Å². The third-order valence-corrected chi connectivity index (χ3v) is 11.6. The van der Waals surface area contributed by atoms with Crippen molar-refractivity contribution in [1.29, 1.82) is 10.5 Å². The SMILES string of the molecule is C=C(/N=C(\N=C(/C)c1ccc(CCC(CC)CCCC)cc1C#N)c1ccc(CCC(CC)CCCC)cc1C#N)c1ccc(CCC(C)CCCC)cc1. The lowest BCUT2D eigenvalue weighted by Crippen LogP contribution is -2.09. The topological polar surface area (TPSA) is 72.3 Å². The number of hydrogen-bond acceptors (Lipinski definition) is 3. The first-order valence-electron chi connectivity index (χ1n) is 21.7. The molecule has 0 radical (unpaired) electrons. The fourth-order valence-corrected chi connectivity index (χ4v) is 7.55. The summed E-state index contributed by atoms with van der Waals surface area (Å²) in [5, 5.41) is 20.7. The van der Waals surface area contributed by atoms with Gasteiger partial charge >= 0.3 is 0 Å². The van der Waals surface area contributed by atoms with Gasteiger partial charge in [-0.2, -0.15) is 10.5 Å². The number of aliphatic imine (C=N–C) groups is 2. The van der Waals surface area contributed by atoms with Crippen molar-refractivity contribution in [3.05, 3.63) is 112 Å². The highest BCUT2D eigenvalue weighted by Gasteiger charge is 2.16. The number of unbranched alkanes of at least 4 members (excludes halogenated alkanes) is 3. The lowest BCUT2D eigenvalue weighted by atomic mass is 9.91. The Morgan fingerprint density at radius 2 is 1.07 bits per heavy atom. The molecule has 0 bridgehead atoms. The predicted molar refractivity (Wildman–Crippen MR) is 237 cm³/mol. The number of amidine groups is 1. The largest absolute Gasteiger partial charge is 0.233 e. The summed E-state index contributed by atoms with van der Waals surface area (Å²) in [5.41, 5.74) is 8.50. The van der Waals surface area contributed by atoms with Crippen molar-refractivity contribution in [2.45, 2.75) is 158 Å². The first kappa shape index (κ1) is 45.1. The molecule has 3 rings (SSSR count). The van der Waals surface area contributed by atoms with Crippen molar-refractivity contribution in [1.82, 2.24) is 0 Å². The van der Waals surface area contributed by atoms with Crippen LogP contribution in [0.4, 0.5) is 0 Å². The highest BCUT2D eigenvalue weighted by Crippen LogP contribution is 2.25. The molecule has 55 heavy (non-hydrogen) atoms. The number of rotatable bonds is 24. The Morgan fingerprint density at radius 1 is 0.600 bits per heavy atom. The van der Waals surface area contributed by atoms with Crippen LogP contribution in [-0.2, 0) is 19.3 Å². The molecule has 3 aromatic carbocycles. The molecule has 0 heterocycles. The predicted octanol–water partition coefficient (Wildman–Crippen LogP) is 14.4. The maximum atomic E-state index is 10.5. The minimum Gasteiger partial charge on any atom is -0.233 e. The second-order valence-electron chi connectivity index (χ2n) is 16.0. The van der Waals surface area contributed by atoms with Gasteiger partial charge in [-0.05, 0) is 104 Å². The Hall–Kier alpha value is -4.28. The maximum absolute atomic E-state index is 10.5. The van der Waals surface area contributed by atoms with Crippen molar-refractivity contribution in [2.75, 3.05) is 0 Å². The van der Waals surface area contributed by atoms with E-state index in [9.17, 15) is 10.5 Å². The minimum atomic E-state index is 0.434. The Bertz CT molecular complexity index is 1760. The van der Waals surface area contributed by atoms with Crippen LogP contribution in [0.3, 0.4) is 0 Å². The molecule has 4 heteroatoms. The van der Waals surface area contributed by atoms with E-state index >= 15 is 0 Å². The van der Waals surface area contributed by atoms with E-state index in [1.807, 2.05) is 31.2 Å². The summed E-state index contributed by atoms with van der Waals surface area (Å²) in [6.07, 6.45) is 20.1. The van der Waals surface area contributed by atoms with E-state index in [1.54, 1.807) is 0 Å². The fourth-order valence-electron chi connectivity index (χ4n) is 7.55. The van der Waals surface area contributed by atoms with Gasteiger partial charge < -0.3 is 0 Å². The van der Waals surface area contributed by atoms with E-state index in [0.717, 1.165) is 54.7 Å². The fraction of sp³-hybridized carbons (Fsp3) is 0.529. The monoisotopic (exact) mass is 739 g/mol. The second-order valence-corrected chi connectivity index (χ2v) is 16.0. The van der Waals surface area contributed by atoms with Gasteiger partial charge in [0.15, 0.2) is 5.84 Å². The zero-order valence-corrected chi connectivity index (χ0v) is 35.5. The van der Waals surface area contributed by atoms with Crippen LogP contribution < -0.4 is 0 Å². The van der Waals surface area contributed by atoms with Crippen LogP contribution in [0.15, 0.2) is 77.2 Å². The molecule has 0 saturated carbocycles. The second kappa shape index (κ2) is 25.0. The molecule has 0 N–H and O–H groups in total. The summed E-state index contributed by atoms with van der Waals surface area (Å²) in [7, 11) is 0. The quantitative estimate of drug-likeness (QED) is 0.0678. The number of nitriles is 2. The molecule has 0 spiro atoms. The summed E-state index contributed by atoms with van der Waals surface area (Å²) in [6, 6.07) is 25.8. The number of hydrogen-bond donors (Lipinski definition) is 0. The van der Waals surface area contributed by atoms with E-state index in [2.05, 4.69) is 96.7 Å². The zero-order chi connectivity index (χ0) is 40.0. The molecular formula is C51H70N4. The summed E-state index contributed by atoms with van der Waals surface area (Å²) in [5.74, 6) is 2.57. The van der Waals surface area contributed by atoms with Gasteiger partial charge in [-0.1, -0.05) is 161 Å². The van der Waals surface area contributed by atoms with Gasteiger partial charge in [-0.15, -0.1) is 0 Å². The van der Waals surface area contributed by atoms with Crippen molar-refractivity contribution >= 4 is 17.2 Å². The summed E-state index contributed by atoms with van der Waals surface area (Å²) in [6.45, 7) is 20.0. The van der Waals surface area contributed by atoms with Crippen LogP contribution in [0.2, 0.25) is 0 Å². The summed E-state index contributed by atoms with van der Waals surface area (Å²) in [4.78, 5) is 10.1. The number of benzene rings is 3. The molecule has 294 valence electrons. The van der Waals surface area contributed by atoms with E-state index in [1.165, 1.54) is 88.2 Å². The molecule has 0 aliphatic heterocycles. The molecule has 3 aromatic rings. The van der Waals surface area contributed by atoms with Crippen molar-refractivity contribution in [3.8, 4) is 12.1 Å². The van der Waals surface area contributed by atoms with Crippen molar-refractivity contribution in [2.24, 2.45) is 27.7 Å². The van der Waals surface area contributed by atoms with Crippen LogP contribution >= 0.6 is 0 Å². The third kappa shape index (κ3) is 15.1. The Kier molecular flexibility index (Phi) is 20.5. The maximum Gasteiger partial charge on any atom is 0.161 e. The summed E-state index contributed by atoms with van der Waals surface area (Å²) < 4.78 is 0. The zero-order valence-electron chi connectivity index (χ0n) is 35.5. The Morgan fingerprint density at radius 3 is 1.58 bits per heavy atom. The average molecular weight is 739 g/mol. The Balaban J connectivity index is 1.98. The minimum absolute atomic E-state index is 0.434. The highest BCUT2D eigenvalue weighted by molar-refractivity contribution is 6.14. The molecule has 0 saturated heterocycles. The molecule has 0 aliphatic carbocycles. The standard InChI is InChI=1S/C51H70N4/c1-9-14-17-38(6)20-21-43-26-30-46(31-27-43)39(7)54-51(50-33-29-45(35-48(50)37-53)25-23-42(13-5)19-16-11-3)55-40(8)49-32-28-44(34-47(49)36-52)24-22-41(12-4)18-15-10-2/h26-35,38,41-42H,7,9-25H2,1-6,8H3/b54-51-,55-40+. The Labute approximate surface area is 335 Å². The first-order chi connectivity index (χ1) is 26.7. The molecule has 3 atom stereocenters. The van der Waals surface area contributed by atoms with Gasteiger partial charge in [0.25, 0.3) is 0 Å². The van der Waals surface area contributed by atoms with Crippen LogP contribution in [0.5, 0.6) is 0 Å².